The van der Waals surface area contributed by atoms with Gasteiger partial charge < -0.3 is 20.4 Å². The number of fused-ring (bicyclic) bond motifs is 1. The molecule has 0 radical (unpaired) electrons. The van der Waals surface area contributed by atoms with Crippen LogP contribution in [0.3, 0.4) is 0 Å². The summed E-state index contributed by atoms with van der Waals surface area (Å²) in [6.45, 7) is 0.381. The number of methoxy groups -OCH3 is 1. The SMILES string of the molecule is COc1cccc(NC(=O)C(=O)NCCc2c[nH]c3ccccc23)c1. The molecular weight excluding hydrogens is 318 g/mol. The third kappa shape index (κ3) is 3.98. The number of anilines is 1. The number of hydrogen-bond donors (Lipinski definition) is 3. The molecule has 3 N–H and O–H groups in total. The minimum Gasteiger partial charge on any atom is -0.497 e. The zero-order valence-corrected chi connectivity index (χ0v) is 13.8. The third-order valence-corrected chi connectivity index (χ3v) is 3.89. The molecule has 3 aromatic rings. The summed E-state index contributed by atoms with van der Waals surface area (Å²) in [6.07, 6.45) is 2.56. The quantitative estimate of drug-likeness (QED) is 0.626. The Labute approximate surface area is 145 Å². The summed E-state index contributed by atoms with van der Waals surface area (Å²) in [7, 11) is 1.54. The summed E-state index contributed by atoms with van der Waals surface area (Å²) >= 11 is 0. The Kier molecular flexibility index (Phi) is 4.99. The molecule has 1 aromatic heterocycles. The maximum Gasteiger partial charge on any atom is 0.313 e. The summed E-state index contributed by atoms with van der Waals surface area (Å²) < 4.78 is 5.08. The molecule has 0 saturated carbocycles. The minimum absolute atomic E-state index is 0.381. The average molecular weight is 337 g/mol. The standard InChI is InChI=1S/C19H19N3O3/c1-25-15-6-4-5-14(11-15)22-19(24)18(23)20-10-9-13-12-21-17-8-3-2-7-16(13)17/h2-8,11-12,21H,9-10H2,1H3,(H,20,23)(H,22,24). The van der Waals surface area contributed by atoms with Gasteiger partial charge in [0.2, 0.25) is 0 Å². The predicted molar refractivity (Wildman–Crippen MR) is 96.6 cm³/mol. The van der Waals surface area contributed by atoms with E-state index in [0.29, 0.717) is 24.4 Å². The topological polar surface area (TPSA) is 83.2 Å². The van der Waals surface area contributed by atoms with Crippen molar-refractivity contribution in [3.8, 4) is 5.75 Å². The van der Waals surface area contributed by atoms with Crippen molar-refractivity contribution in [2.75, 3.05) is 19.0 Å². The van der Waals surface area contributed by atoms with Gasteiger partial charge in [0, 0.05) is 35.4 Å². The lowest BCUT2D eigenvalue weighted by atomic mass is 10.1. The molecule has 6 nitrogen and oxygen atoms in total. The van der Waals surface area contributed by atoms with Gasteiger partial charge in [0.15, 0.2) is 0 Å². The van der Waals surface area contributed by atoms with E-state index in [4.69, 9.17) is 4.74 Å². The van der Waals surface area contributed by atoms with Gasteiger partial charge in [0.05, 0.1) is 7.11 Å². The molecule has 25 heavy (non-hydrogen) atoms. The number of rotatable bonds is 5. The van der Waals surface area contributed by atoms with Crippen molar-refractivity contribution in [2.45, 2.75) is 6.42 Å². The van der Waals surface area contributed by atoms with Crippen LogP contribution in [0.25, 0.3) is 10.9 Å². The lowest BCUT2D eigenvalue weighted by Crippen LogP contribution is -2.36. The summed E-state index contributed by atoms with van der Waals surface area (Å²) in [5.74, 6) is -0.757. The molecule has 0 aliphatic heterocycles. The zero-order chi connectivity index (χ0) is 17.6. The number of carbonyl (C=O) groups excluding carboxylic acids is 2. The number of benzene rings is 2. The lowest BCUT2D eigenvalue weighted by Gasteiger charge is -2.07. The fourth-order valence-electron chi connectivity index (χ4n) is 2.62. The smallest absolute Gasteiger partial charge is 0.313 e. The molecule has 0 bridgehead atoms. The second kappa shape index (κ2) is 7.53. The van der Waals surface area contributed by atoms with Crippen LogP contribution >= 0.6 is 0 Å². The number of hydrogen-bond acceptors (Lipinski definition) is 3. The van der Waals surface area contributed by atoms with E-state index < -0.39 is 11.8 Å². The summed E-state index contributed by atoms with van der Waals surface area (Å²) in [5, 5.41) is 6.31. The molecule has 3 rings (SSSR count). The lowest BCUT2D eigenvalue weighted by molar-refractivity contribution is -0.136. The molecule has 2 aromatic carbocycles. The second-order valence-corrected chi connectivity index (χ2v) is 5.55. The molecule has 0 fully saturated rings. The van der Waals surface area contributed by atoms with E-state index in [9.17, 15) is 9.59 Å². The van der Waals surface area contributed by atoms with E-state index in [-0.39, 0.29) is 0 Å². The highest BCUT2D eigenvalue weighted by Crippen LogP contribution is 2.18. The van der Waals surface area contributed by atoms with E-state index in [1.54, 1.807) is 31.4 Å². The van der Waals surface area contributed by atoms with E-state index in [1.165, 1.54) is 0 Å². The summed E-state index contributed by atoms with van der Waals surface area (Å²) in [6, 6.07) is 14.8. The van der Waals surface area contributed by atoms with E-state index in [2.05, 4.69) is 15.6 Å². The number of nitrogens with one attached hydrogen (secondary N) is 3. The van der Waals surface area contributed by atoms with Crippen LogP contribution in [-0.4, -0.2) is 30.5 Å². The Hall–Kier alpha value is -3.28. The molecule has 0 atom stereocenters. The van der Waals surface area contributed by atoms with Crippen LogP contribution in [0.1, 0.15) is 5.56 Å². The number of H-pyrrole nitrogens is 1. The largest absolute Gasteiger partial charge is 0.497 e. The van der Waals surface area contributed by atoms with Crippen LogP contribution in [0.15, 0.2) is 54.7 Å². The Morgan fingerprint density at radius 1 is 1.08 bits per heavy atom. The van der Waals surface area contributed by atoms with Crippen molar-refractivity contribution in [3.63, 3.8) is 0 Å². The van der Waals surface area contributed by atoms with Crippen molar-refractivity contribution in [1.82, 2.24) is 10.3 Å². The van der Waals surface area contributed by atoms with Gasteiger partial charge in [-0.3, -0.25) is 9.59 Å². The van der Waals surface area contributed by atoms with Gasteiger partial charge in [-0.1, -0.05) is 24.3 Å². The molecule has 128 valence electrons. The van der Waals surface area contributed by atoms with E-state index >= 15 is 0 Å². The molecule has 0 saturated heterocycles. The highest BCUT2D eigenvalue weighted by Gasteiger charge is 2.13. The normalized spacial score (nSPS) is 10.4. The monoisotopic (exact) mass is 337 g/mol. The van der Waals surface area contributed by atoms with Crippen molar-refractivity contribution < 1.29 is 14.3 Å². The van der Waals surface area contributed by atoms with Gasteiger partial charge in [-0.25, -0.2) is 0 Å². The molecule has 0 spiro atoms. The molecule has 6 heteroatoms. The van der Waals surface area contributed by atoms with Gasteiger partial charge in [0.1, 0.15) is 5.75 Å². The average Bonchev–Trinajstić information content (AvgIpc) is 3.05. The van der Waals surface area contributed by atoms with Crippen LogP contribution in [0.2, 0.25) is 0 Å². The van der Waals surface area contributed by atoms with Crippen LogP contribution in [0.5, 0.6) is 5.75 Å². The Morgan fingerprint density at radius 2 is 1.92 bits per heavy atom. The number of aromatic amines is 1. The first-order chi connectivity index (χ1) is 12.2. The van der Waals surface area contributed by atoms with Crippen molar-refractivity contribution in [1.29, 1.82) is 0 Å². The predicted octanol–water partition coefficient (Wildman–Crippen LogP) is 2.47. The van der Waals surface area contributed by atoms with Gasteiger partial charge in [0.25, 0.3) is 0 Å². The fraction of sp³-hybridized carbons (Fsp3) is 0.158. The number of aromatic nitrogens is 1. The maximum absolute atomic E-state index is 11.9. The molecule has 0 unspecified atom stereocenters. The van der Waals surface area contributed by atoms with Crippen LogP contribution in [-0.2, 0) is 16.0 Å². The summed E-state index contributed by atoms with van der Waals surface area (Å²) in [5.41, 5.74) is 2.67. The van der Waals surface area contributed by atoms with Crippen molar-refractivity contribution >= 4 is 28.4 Å². The van der Waals surface area contributed by atoms with Gasteiger partial charge in [-0.2, -0.15) is 0 Å². The molecular formula is C19H19N3O3. The Balaban J connectivity index is 1.52. The van der Waals surface area contributed by atoms with Gasteiger partial charge in [-0.05, 0) is 30.2 Å². The Morgan fingerprint density at radius 3 is 2.76 bits per heavy atom. The number of amides is 2. The first-order valence-corrected chi connectivity index (χ1v) is 7.95. The Bertz CT molecular complexity index is 902. The molecule has 0 aliphatic rings. The number of para-hydroxylation sites is 1. The van der Waals surface area contributed by atoms with Crippen LogP contribution in [0, 0.1) is 0 Å². The first kappa shape index (κ1) is 16.6. The van der Waals surface area contributed by atoms with Gasteiger partial charge >= 0.3 is 11.8 Å². The second-order valence-electron chi connectivity index (χ2n) is 5.55. The maximum atomic E-state index is 11.9. The van der Waals surface area contributed by atoms with Crippen molar-refractivity contribution in [2.24, 2.45) is 0 Å². The third-order valence-electron chi connectivity index (χ3n) is 3.89. The summed E-state index contributed by atoms with van der Waals surface area (Å²) in [4.78, 5) is 27.1. The highest BCUT2D eigenvalue weighted by molar-refractivity contribution is 6.39. The number of carbonyl (C=O) groups is 2. The highest BCUT2D eigenvalue weighted by atomic mass is 16.5. The number of ether oxygens (including phenoxy) is 1. The van der Waals surface area contributed by atoms with E-state index in [1.807, 2.05) is 30.5 Å². The molecule has 0 aliphatic carbocycles. The zero-order valence-electron chi connectivity index (χ0n) is 13.8. The fourth-order valence-corrected chi connectivity index (χ4v) is 2.62. The minimum atomic E-state index is -0.702. The van der Waals surface area contributed by atoms with Gasteiger partial charge in [-0.15, -0.1) is 0 Å². The molecule has 2 amide bonds. The molecule has 1 heterocycles. The van der Waals surface area contributed by atoms with Crippen LogP contribution in [0.4, 0.5) is 5.69 Å². The van der Waals surface area contributed by atoms with E-state index in [0.717, 1.165) is 16.5 Å². The van der Waals surface area contributed by atoms with Crippen molar-refractivity contribution in [3.05, 3.63) is 60.3 Å². The first-order valence-electron chi connectivity index (χ1n) is 7.95. The van der Waals surface area contributed by atoms with Crippen LogP contribution < -0.4 is 15.4 Å².